The Morgan fingerprint density at radius 2 is 1.46 bits per heavy atom. The van der Waals surface area contributed by atoms with E-state index < -0.39 is 0 Å². The average Bonchev–Trinajstić information content (AvgIpc) is 3.91. The zero-order valence-corrected chi connectivity index (χ0v) is 33.7. The highest BCUT2D eigenvalue weighted by Crippen LogP contribution is 2.38. The molecule has 2 unspecified atom stereocenters. The van der Waals surface area contributed by atoms with E-state index >= 15 is 0 Å². The van der Waals surface area contributed by atoms with Gasteiger partial charge in [-0.15, -0.1) is 0 Å². The first-order valence-electron chi connectivity index (χ1n) is 18.7. The van der Waals surface area contributed by atoms with Crippen molar-refractivity contribution in [2.45, 2.75) is 83.9 Å². The van der Waals surface area contributed by atoms with Crippen LogP contribution in [0.1, 0.15) is 100 Å². The molecular formula is C44H51N5O3S2. The normalized spacial score (nSPS) is 17.7. The summed E-state index contributed by atoms with van der Waals surface area (Å²) in [5, 5.41) is 28.3. The van der Waals surface area contributed by atoms with Gasteiger partial charge in [-0.3, -0.25) is 14.5 Å². The molecule has 4 heterocycles. The molecule has 2 aliphatic rings. The molecule has 282 valence electrons. The molecule has 54 heavy (non-hydrogen) atoms. The molecule has 0 amide bonds. The fourth-order valence-electron chi connectivity index (χ4n) is 7.83. The Labute approximate surface area is 328 Å². The number of fused-ring (bicyclic) bond motifs is 2. The number of carbonyl (C=O) groups excluding carboxylic acids is 2. The third kappa shape index (κ3) is 9.48. The van der Waals surface area contributed by atoms with Gasteiger partial charge in [0.05, 0.1) is 35.9 Å². The maximum atomic E-state index is 13.3. The van der Waals surface area contributed by atoms with Crippen molar-refractivity contribution in [3.63, 3.8) is 0 Å². The van der Waals surface area contributed by atoms with Gasteiger partial charge in [0.25, 0.3) is 0 Å². The van der Waals surface area contributed by atoms with Crippen molar-refractivity contribution in [3.05, 3.63) is 112 Å². The third-order valence-corrected chi connectivity index (χ3v) is 11.9. The Bertz CT molecular complexity index is 2030. The van der Waals surface area contributed by atoms with Crippen molar-refractivity contribution in [2.24, 2.45) is 0 Å². The first kappa shape index (κ1) is 40.9. The fourth-order valence-corrected chi connectivity index (χ4v) is 8.69. The van der Waals surface area contributed by atoms with E-state index in [9.17, 15) is 14.7 Å². The first-order chi connectivity index (χ1) is 26.1. The van der Waals surface area contributed by atoms with E-state index in [0.717, 1.165) is 102 Å². The molecular weight excluding hydrogens is 711 g/mol. The van der Waals surface area contributed by atoms with Crippen LogP contribution in [0.15, 0.2) is 66.7 Å². The maximum Gasteiger partial charge on any atom is 0.178 e. The highest BCUT2D eigenvalue weighted by Gasteiger charge is 2.46. The van der Waals surface area contributed by atoms with Crippen LogP contribution >= 0.6 is 23.5 Å². The van der Waals surface area contributed by atoms with Crippen LogP contribution in [-0.4, -0.2) is 79.5 Å². The number of aliphatic hydroxyl groups excluding tert-OH is 1. The number of hydrogen-bond donors (Lipinski definition) is 1. The Kier molecular flexibility index (Phi) is 14.6. The lowest BCUT2D eigenvalue weighted by atomic mass is 9.98. The lowest BCUT2D eigenvalue weighted by Gasteiger charge is -2.21. The van der Waals surface area contributed by atoms with Gasteiger partial charge in [-0.25, -0.2) is 0 Å². The van der Waals surface area contributed by atoms with E-state index in [-0.39, 0.29) is 23.7 Å². The Morgan fingerprint density at radius 1 is 0.852 bits per heavy atom. The van der Waals surface area contributed by atoms with Crippen LogP contribution < -0.4 is 0 Å². The minimum atomic E-state index is -0.289. The van der Waals surface area contributed by atoms with Gasteiger partial charge in [-0.1, -0.05) is 6.08 Å². The summed E-state index contributed by atoms with van der Waals surface area (Å²) < 4.78 is 4.24. The molecule has 2 aliphatic heterocycles. The van der Waals surface area contributed by atoms with Crippen molar-refractivity contribution in [2.75, 3.05) is 30.6 Å². The van der Waals surface area contributed by atoms with E-state index in [2.05, 4.69) is 56.9 Å². The Hall–Kier alpha value is -4.32. The van der Waals surface area contributed by atoms with Crippen molar-refractivity contribution in [3.8, 4) is 23.5 Å². The minimum absolute atomic E-state index is 0.0636. The van der Waals surface area contributed by atoms with Crippen LogP contribution in [0.25, 0.3) is 17.5 Å². The predicted molar refractivity (Wildman–Crippen MR) is 222 cm³/mol. The second-order valence-corrected chi connectivity index (χ2v) is 16.0. The number of rotatable bonds is 15. The number of unbranched alkanes of at least 4 members (excludes halogenated alkanes) is 1. The topological polar surface area (TPSA) is 115 Å². The SMILES string of the molecule is CSCC/C=C/c1cc(C(C)=O)c(C)n1-c1ccc(C#N)cc1.CSCCCCc1cc(C(=O)CN2C3CCC2[C@H](O)C3)c(C)n1-c1ccc(C#N)cc1. The van der Waals surface area contributed by atoms with Crippen LogP contribution in [0.3, 0.4) is 0 Å². The molecule has 10 heteroatoms. The van der Waals surface area contributed by atoms with Crippen molar-refractivity contribution in [1.29, 1.82) is 10.5 Å². The van der Waals surface area contributed by atoms with Gasteiger partial charge in [-0.05, 0) is 156 Å². The number of carbonyl (C=O) groups is 2. The summed E-state index contributed by atoms with van der Waals surface area (Å²) in [4.78, 5) is 27.4. The van der Waals surface area contributed by atoms with Crippen LogP contribution in [-0.2, 0) is 6.42 Å². The van der Waals surface area contributed by atoms with Crippen molar-refractivity contribution < 1.29 is 14.7 Å². The number of aromatic nitrogens is 2. The number of aliphatic hydroxyl groups is 1. The van der Waals surface area contributed by atoms with Gasteiger partial charge in [-0.2, -0.15) is 34.0 Å². The van der Waals surface area contributed by atoms with Gasteiger partial charge in [0, 0.05) is 57.4 Å². The molecule has 0 saturated carbocycles. The van der Waals surface area contributed by atoms with Crippen LogP contribution in [0, 0.1) is 36.5 Å². The summed E-state index contributed by atoms with van der Waals surface area (Å²) in [5.74, 6) is 2.42. The molecule has 2 aromatic carbocycles. The molecule has 1 N–H and O–H groups in total. The molecule has 0 spiro atoms. The van der Waals surface area contributed by atoms with Gasteiger partial charge in [0.1, 0.15) is 0 Å². The number of ketones is 2. The molecule has 2 fully saturated rings. The zero-order valence-electron chi connectivity index (χ0n) is 32.0. The lowest BCUT2D eigenvalue weighted by Crippen LogP contribution is -2.36. The summed E-state index contributed by atoms with van der Waals surface area (Å²) >= 11 is 3.67. The van der Waals surface area contributed by atoms with Gasteiger partial charge < -0.3 is 14.2 Å². The van der Waals surface area contributed by atoms with Crippen LogP contribution in [0.5, 0.6) is 0 Å². The Morgan fingerprint density at radius 3 is 2.00 bits per heavy atom. The van der Waals surface area contributed by atoms with Crippen molar-refractivity contribution in [1.82, 2.24) is 14.0 Å². The minimum Gasteiger partial charge on any atom is -0.391 e. The quantitative estimate of drug-likeness (QED) is 0.0945. The summed E-state index contributed by atoms with van der Waals surface area (Å²) in [5.41, 5.74) is 8.74. The molecule has 2 aromatic heterocycles. The Balaban J connectivity index is 0.000000218. The second-order valence-electron chi connectivity index (χ2n) is 14.1. The van der Waals surface area contributed by atoms with E-state index in [1.807, 2.05) is 79.8 Å². The van der Waals surface area contributed by atoms with E-state index in [4.69, 9.17) is 10.5 Å². The molecule has 3 atom stereocenters. The molecule has 8 nitrogen and oxygen atoms in total. The summed E-state index contributed by atoms with van der Waals surface area (Å²) in [6.07, 6.45) is 15.1. The number of allylic oxidation sites excluding steroid dienone is 1. The van der Waals surface area contributed by atoms with Gasteiger partial charge in [0.15, 0.2) is 11.6 Å². The fraction of sp³-hybridized carbons (Fsp3) is 0.409. The summed E-state index contributed by atoms with van der Waals surface area (Å²) in [6, 6.07) is 23.8. The smallest absolute Gasteiger partial charge is 0.178 e. The molecule has 4 aromatic rings. The molecule has 2 bridgehead atoms. The number of benzene rings is 2. The zero-order chi connectivity index (χ0) is 38.8. The molecule has 6 rings (SSSR count). The number of nitrogens with zero attached hydrogens (tertiary/aromatic N) is 5. The second kappa shape index (κ2) is 19.3. The van der Waals surface area contributed by atoms with E-state index in [1.165, 1.54) is 0 Å². The summed E-state index contributed by atoms with van der Waals surface area (Å²) in [7, 11) is 0. The van der Waals surface area contributed by atoms with E-state index in [0.29, 0.717) is 23.7 Å². The number of hydrogen-bond acceptors (Lipinski definition) is 8. The molecule has 0 radical (unpaired) electrons. The highest BCUT2D eigenvalue weighted by molar-refractivity contribution is 7.98. The van der Waals surface area contributed by atoms with E-state index in [1.54, 1.807) is 19.1 Å². The average molecular weight is 762 g/mol. The number of thioether (sulfide) groups is 2. The maximum absolute atomic E-state index is 13.3. The molecule has 2 saturated heterocycles. The number of nitriles is 2. The van der Waals surface area contributed by atoms with Gasteiger partial charge >= 0.3 is 0 Å². The third-order valence-electron chi connectivity index (χ3n) is 10.6. The van der Waals surface area contributed by atoms with Crippen LogP contribution in [0.4, 0.5) is 0 Å². The standard InChI is InChI=1S/C25H31N3O2S.C19H20N2OS/c1-17-22(25(30)16-27-20-10-11-23(27)24(29)14-20)13-21(5-3-4-12-31-2)28(17)19-8-6-18(15-26)7-9-19;1-14-19(15(2)22)12-18(6-4-5-11-23-3)21(14)17-9-7-16(13-20)8-10-17/h6-9,13,20,23-24,29H,3-5,10-12,14,16H2,1-2H3;4,6-10,12H,5,11H2,1-3H3/b;6-4+/t20?,23?,24-;/m1./s1. The number of aryl methyl sites for hydroxylation is 1. The largest absolute Gasteiger partial charge is 0.391 e. The molecule has 0 aliphatic carbocycles. The van der Waals surface area contributed by atoms with Gasteiger partial charge in [0.2, 0.25) is 0 Å². The van der Waals surface area contributed by atoms with Crippen molar-refractivity contribution >= 4 is 41.2 Å². The summed E-state index contributed by atoms with van der Waals surface area (Å²) in [6.45, 7) is 5.95. The number of Topliss-reactive ketones (excluding diaryl/α,β-unsaturated/α-hetero) is 2. The monoisotopic (exact) mass is 761 g/mol. The van der Waals surface area contributed by atoms with Crippen LogP contribution in [0.2, 0.25) is 0 Å². The lowest BCUT2D eigenvalue weighted by molar-refractivity contribution is 0.0872. The first-order valence-corrected chi connectivity index (χ1v) is 21.5. The predicted octanol–water partition coefficient (Wildman–Crippen LogP) is 8.75. The highest BCUT2D eigenvalue weighted by atomic mass is 32.2.